The highest BCUT2D eigenvalue weighted by Gasteiger charge is 2.30. The highest BCUT2D eigenvalue weighted by molar-refractivity contribution is 8.13. The van der Waals surface area contributed by atoms with Crippen molar-refractivity contribution in [3.8, 4) is 0 Å². The summed E-state index contributed by atoms with van der Waals surface area (Å²) in [5, 5.41) is 3.96. The van der Waals surface area contributed by atoms with Gasteiger partial charge in [0.15, 0.2) is 5.17 Å². The van der Waals surface area contributed by atoms with Crippen LogP contribution in [0.3, 0.4) is 0 Å². The summed E-state index contributed by atoms with van der Waals surface area (Å²) in [6.07, 6.45) is 1.42. The summed E-state index contributed by atoms with van der Waals surface area (Å²) in [4.78, 5) is 17.0. The predicted octanol–water partition coefficient (Wildman–Crippen LogP) is 4.12. The number of nitrogens with one attached hydrogen (secondary N) is 1. The maximum absolute atomic E-state index is 14.2. The van der Waals surface area contributed by atoms with Gasteiger partial charge in [-0.05, 0) is 55.2 Å². The molecule has 3 rings (SSSR count). The van der Waals surface area contributed by atoms with Gasteiger partial charge in [-0.3, -0.25) is 9.79 Å². The Hall–Kier alpha value is -2.05. The van der Waals surface area contributed by atoms with E-state index in [9.17, 15) is 9.18 Å². The lowest BCUT2D eigenvalue weighted by atomic mass is 9.88. The van der Waals surface area contributed by atoms with Crippen molar-refractivity contribution in [3.05, 3.63) is 70.0 Å². The van der Waals surface area contributed by atoms with Crippen molar-refractivity contribution in [2.75, 3.05) is 12.3 Å². The third-order valence-corrected chi connectivity index (χ3v) is 5.69. The van der Waals surface area contributed by atoms with Crippen molar-refractivity contribution >= 4 is 34.4 Å². The van der Waals surface area contributed by atoms with Gasteiger partial charge < -0.3 is 11.1 Å². The standard InChI is InChI=1S/C20H21ClFN3OS/c1-20(9-11-27-19(23)25-20)14-4-7-17(22)16(12-14)18(26)24-10-8-13-2-5-15(21)6-3-13/h2-7,12H,8-11H2,1H3,(H2,23,25)(H,24,26). The number of amidine groups is 1. The van der Waals surface area contributed by atoms with Gasteiger partial charge in [-0.1, -0.05) is 41.6 Å². The molecule has 1 amide bonds. The van der Waals surface area contributed by atoms with Crippen LogP contribution < -0.4 is 11.1 Å². The Morgan fingerprint density at radius 3 is 2.78 bits per heavy atom. The number of hydrogen-bond donors (Lipinski definition) is 2. The maximum atomic E-state index is 14.2. The van der Waals surface area contributed by atoms with Gasteiger partial charge in [0.25, 0.3) is 5.91 Å². The van der Waals surface area contributed by atoms with E-state index >= 15 is 0 Å². The zero-order valence-corrected chi connectivity index (χ0v) is 16.5. The molecule has 0 saturated heterocycles. The molecule has 3 N–H and O–H groups in total. The Bertz CT molecular complexity index is 872. The third kappa shape index (κ3) is 4.82. The second-order valence-electron chi connectivity index (χ2n) is 6.65. The van der Waals surface area contributed by atoms with Gasteiger partial charge in [0, 0.05) is 17.3 Å². The summed E-state index contributed by atoms with van der Waals surface area (Å²) < 4.78 is 14.2. The first-order valence-corrected chi connectivity index (χ1v) is 10.0. The molecule has 1 heterocycles. The second kappa shape index (κ2) is 8.31. The molecule has 142 valence electrons. The molecule has 0 radical (unpaired) electrons. The quantitative estimate of drug-likeness (QED) is 0.786. The number of hydrogen-bond acceptors (Lipinski definition) is 4. The Labute approximate surface area is 167 Å². The molecule has 4 nitrogen and oxygen atoms in total. The lowest BCUT2D eigenvalue weighted by molar-refractivity contribution is 0.0950. The first-order chi connectivity index (χ1) is 12.9. The van der Waals surface area contributed by atoms with Crippen molar-refractivity contribution in [2.24, 2.45) is 10.7 Å². The normalized spacial score (nSPS) is 19.4. The number of nitrogens with zero attached hydrogens (tertiary/aromatic N) is 1. The minimum Gasteiger partial charge on any atom is -0.379 e. The average molecular weight is 406 g/mol. The van der Waals surface area contributed by atoms with E-state index in [0.717, 1.165) is 23.3 Å². The van der Waals surface area contributed by atoms with Crippen LogP contribution >= 0.6 is 23.4 Å². The van der Waals surface area contributed by atoms with Crippen molar-refractivity contribution in [1.82, 2.24) is 5.32 Å². The van der Waals surface area contributed by atoms with Crippen molar-refractivity contribution in [2.45, 2.75) is 25.3 Å². The van der Waals surface area contributed by atoms with Crippen LogP contribution in [0.15, 0.2) is 47.5 Å². The maximum Gasteiger partial charge on any atom is 0.254 e. The first-order valence-electron chi connectivity index (χ1n) is 8.68. The monoisotopic (exact) mass is 405 g/mol. The fraction of sp³-hybridized carbons (Fsp3) is 0.300. The van der Waals surface area contributed by atoms with E-state index in [0.29, 0.717) is 23.2 Å². The van der Waals surface area contributed by atoms with E-state index in [1.807, 2.05) is 19.1 Å². The Balaban J connectivity index is 1.71. The molecule has 2 aromatic carbocycles. The smallest absolute Gasteiger partial charge is 0.254 e. The van der Waals surface area contributed by atoms with E-state index in [-0.39, 0.29) is 5.56 Å². The molecule has 0 spiro atoms. The number of aliphatic imine (C=N–C) groups is 1. The van der Waals surface area contributed by atoms with E-state index in [1.54, 1.807) is 24.3 Å². The number of benzene rings is 2. The number of nitrogens with two attached hydrogens (primary N) is 1. The minimum absolute atomic E-state index is 0.0248. The first kappa shape index (κ1) is 19.7. The summed E-state index contributed by atoms with van der Waals surface area (Å²) >= 11 is 7.37. The number of amides is 1. The molecule has 0 bridgehead atoms. The fourth-order valence-electron chi connectivity index (χ4n) is 3.00. The van der Waals surface area contributed by atoms with Gasteiger partial charge in [-0.15, -0.1) is 0 Å². The Morgan fingerprint density at radius 2 is 2.07 bits per heavy atom. The van der Waals surface area contributed by atoms with Crippen LogP contribution in [0.2, 0.25) is 5.02 Å². The van der Waals surface area contributed by atoms with Gasteiger partial charge in [-0.2, -0.15) is 0 Å². The topological polar surface area (TPSA) is 67.5 Å². The van der Waals surface area contributed by atoms with Gasteiger partial charge in [0.05, 0.1) is 11.1 Å². The molecule has 0 aromatic heterocycles. The highest BCUT2D eigenvalue weighted by atomic mass is 35.5. The summed E-state index contributed by atoms with van der Waals surface area (Å²) in [6.45, 7) is 2.36. The molecule has 0 saturated carbocycles. The van der Waals surface area contributed by atoms with Crippen molar-refractivity contribution < 1.29 is 9.18 Å². The number of carbonyl (C=O) groups excluding carboxylic acids is 1. The van der Waals surface area contributed by atoms with Crippen LogP contribution in [-0.4, -0.2) is 23.4 Å². The lowest BCUT2D eigenvalue weighted by Gasteiger charge is -2.30. The van der Waals surface area contributed by atoms with Crippen LogP contribution in [0, 0.1) is 5.82 Å². The molecule has 7 heteroatoms. The van der Waals surface area contributed by atoms with Gasteiger partial charge >= 0.3 is 0 Å². The number of halogens is 2. The molecular formula is C20H21ClFN3OS. The minimum atomic E-state index is -0.548. The molecule has 2 aromatic rings. The summed E-state index contributed by atoms with van der Waals surface area (Å²) in [5.74, 6) is -0.145. The SMILES string of the molecule is CC1(c2ccc(F)c(C(=O)NCCc3ccc(Cl)cc3)c2)CCSC(N)=N1. The molecule has 1 aliphatic rings. The molecule has 1 aliphatic heterocycles. The van der Waals surface area contributed by atoms with Crippen LogP contribution in [-0.2, 0) is 12.0 Å². The largest absolute Gasteiger partial charge is 0.379 e. The lowest BCUT2D eigenvalue weighted by Crippen LogP contribution is -2.30. The van der Waals surface area contributed by atoms with Crippen molar-refractivity contribution in [3.63, 3.8) is 0 Å². The highest BCUT2D eigenvalue weighted by Crippen LogP contribution is 2.35. The predicted molar refractivity (Wildman–Crippen MR) is 110 cm³/mol. The average Bonchev–Trinajstić information content (AvgIpc) is 2.63. The molecule has 0 aliphatic carbocycles. The van der Waals surface area contributed by atoms with E-state index < -0.39 is 17.3 Å². The zero-order chi connectivity index (χ0) is 19.4. The number of rotatable bonds is 5. The molecule has 1 unspecified atom stereocenters. The Kier molecular flexibility index (Phi) is 6.07. The van der Waals surface area contributed by atoms with Crippen LogP contribution in [0.1, 0.15) is 34.8 Å². The number of thioether (sulfide) groups is 1. The van der Waals surface area contributed by atoms with Crippen LogP contribution in [0.25, 0.3) is 0 Å². The zero-order valence-electron chi connectivity index (χ0n) is 15.0. The van der Waals surface area contributed by atoms with Gasteiger partial charge in [0.2, 0.25) is 0 Å². The van der Waals surface area contributed by atoms with Gasteiger partial charge in [0.1, 0.15) is 5.82 Å². The van der Waals surface area contributed by atoms with E-state index in [2.05, 4.69) is 10.3 Å². The third-order valence-electron chi connectivity index (χ3n) is 4.64. The fourth-order valence-corrected chi connectivity index (χ4v) is 4.10. The molecule has 27 heavy (non-hydrogen) atoms. The molecular weight excluding hydrogens is 385 g/mol. The van der Waals surface area contributed by atoms with Crippen LogP contribution in [0.5, 0.6) is 0 Å². The number of carbonyl (C=O) groups is 1. The van der Waals surface area contributed by atoms with Crippen molar-refractivity contribution in [1.29, 1.82) is 0 Å². The summed E-state index contributed by atoms with van der Waals surface area (Å²) in [7, 11) is 0. The Morgan fingerprint density at radius 1 is 1.33 bits per heavy atom. The molecule has 0 fully saturated rings. The summed E-state index contributed by atoms with van der Waals surface area (Å²) in [5.41, 5.74) is 7.18. The van der Waals surface area contributed by atoms with Crippen LogP contribution in [0.4, 0.5) is 4.39 Å². The molecule has 1 atom stereocenters. The second-order valence-corrected chi connectivity index (χ2v) is 8.20. The summed E-state index contributed by atoms with van der Waals surface area (Å²) in [6, 6.07) is 12.0. The van der Waals surface area contributed by atoms with E-state index in [4.69, 9.17) is 17.3 Å². The van der Waals surface area contributed by atoms with Gasteiger partial charge in [-0.25, -0.2) is 4.39 Å². The van der Waals surface area contributed by atoms with E-state index in [1.165, 1.54) is 17.8 Å².